The molecule has 0 aliphatic carbocycles. The molecule has 0 atom stereocenters. The molecule has 0 heterocycles. The van der Waals surface area contributed by atoms with E-state index in [9.17, 15) is 0 Å². The Morgan fingerprint density at radius 2 is 2.00 bits per heavy atom. The standard InChI is InChI=1S/C9H17N/c1-5-6-9(2)7-8-10(3)4/h5-7H,8H2,1-4H3/b6-5+,9-7+. The average Bonchev–Trinajstić information content (AvgIpc) is 1.85. The van der Waals surface area contributed by atoms with Gasteiger partial charge in [-0.1, -0.05) is 23.8 Å². The lowest BCUT2D eigenvalue weighted by Crippen LogP contribution is -2.10. The molecule has 0 amide bonds. The highest BCUT2D eigenvalue weighted by atomic mass is 15.0. The van der Waals surface area contributed by atoms with Crippen molar-refractivity contribution in [3.63, 3.8) is 0 Å². The molecular formula is C9H17N. The topological polar surface area (TPSA) is 3.24 Å². The van der Waals surface area contributed by atoms with Gasteiger partial charge in [0.05, 0.1) is 0 Å². The van der Waals surface area contributed by atoms with Gasteiger partial charge in [0.25, 0.3) is 0 Å². The van der Waals surface area contributed by atoms with Crippen LogP contribution in [0.2, 0.25) is 0 Å². The molecule has 0 aliphatic heterocycles. The van der Waals surface area contributed by atoms with E-state index in [4.69, 9.17) is 0 Å². The van der Waals surface area contributed by atoms with E-state index in [2.05, 4.69) is 44.1 Å². The SMILES string of the molecule is C/C=C/C(C)=C/CN(C)C. The van der Waals surface area contributed by atoms with Gasteiger partial charge in [-0.25, -0.2) is 0 Å². The van der Waals surface area contributed by atoms with E-state index in [1.807, 2.05) is 6.92 Å². The van der Waals surface area contributed by atoms with Crippen LogP contribution in [0.4, 0.5) is 0 Å². The van der Waals surface area contributed by atoms with Crippen LogP contribution < -0.4 is 0 Å². The predicted molar refractivity (Wildman–Crippen MR) is 47.1 cm³/mol. The number of likely N-dealkylation sites (N-methyl/N-ethyl adjacent to an activating group) is 1. The number of allylic oxidation sites excluding steroid dienone is 3. The molecule has 0 rings (SSSR count). The van der Waals surface area contributed by atoms with Crippen molar-refractivity contribution in [3.05, 3.63) is 23.8 Å². The molecule has 0 spiro atoms. The molecule has 10 heavy (non-hydrogen) atoms. The summed E-state index contributed by atoms with van der Waals surface area (Å²) in [4.78, 5) is 2.15. The fraction of sp³-hybridized carbons (Fsp3) is 0.556. The lowest BCUT2D eigenvalue weighted by Gasteiger charge is -2.04. The summed E-state index contributed by atoms with van der Waals surface area (Å²) in [5.41, 5.74) is 1.33. The molecule has 0 saturated heterocycles. The van der Waals surface area contributed by atoms with Crippen LogP contribution in [0.5, 0.6) is 0 Å². The highest BCUT2D eigenvalue weighted by Gasteiger charge is 1.83. The summed E-state index contributed by atoms with van der Waals surface area (Å²) in [7, 11) is 4.14. The van der Waals surface area contributed by atoms with Gasteiger partial charge < -0.3 is 4.90 Å². The van der Waals surface area contributed by atoms with Crippen molar-refractivity contribution in [2.45, 2.75) is 13.8 Å². The molecule has 0 bridgehead atoms. The molecule has 0 saturated carbocycles. The Balaban J connectivity index is 3.68. The Hall–Kier alpha value is -0.560. The zero-order valence-electron chi connectivity index (χ0n) is 7.39. The van der Waals surface area contributed by atoms with Gasteiger partial charge in [-0.2, -0.15) is 0 Å². The minimum atomic E-state index is 1.02. The van der Waals surface area contributed by atoms with Gasteiger partial charge in [-0.05, 0) is 27.9 Å². The highest BCUT2D eigenvalue weighted by Crippen LogP contribution is 1.93. The molecule has 0 radical (unpaired) electrons. The summed E-state index contributed by atoms with van der Waals surface area (Å²) in [5.74, 6) is 0. The van der Waals surface area contributed by atoms with Gasteiger partial charge in [0.15, 0.2) is 0 Å². The van der Waals surface area contributed by atoms with Gasteiger partial charge >= 0.3 is 0 Å². The largest absolute Gasteiger partial charge is 0.306 e. The van der Waals surface area contributed by atoms with Crippen LogP contribution >= 0.6 is 0 Å². The quantitative estimate of drug-likeness (QED) is 0.541. The summed E-state index contributed by atoms with van der Waals surface area (Å²) in [6.07, 6.45) is 6.38. The van der Waals surface area contributed by atoms with Crippen molar-refractivity contribution < 1.29 is 0 Å². The third-order valence-electron chi connectivity index (χ3n) is 1.21. The summed E-state index contributed by atoms with van der Waals surface area (Å²) in [5, 5.41) is 0. The Labute approximate surface area is 64.0 Å². The van der Waals surface area contributed by atoms with Gasteiger partial charge in [0.2, 0.25) is 0 Å². The number of rotatable bonds is 3. The molecule has 0 fully saturated rings. The lowest BCUT2D eigenvalue weighted by molar-refractivity contribution is 0.456. The summed E-state index contributed by atoms with van der Waals surface area (Å²) >= 11 is 0. The predicted octanol–water partition coefficient (Wildman–Crippen LogP) is 2.07. The van der Waals surface area contributed by atoms with Crippen LogP contribution in [0.3, 0.4) is 0 Å². The molecule has 58 valence electrons. The van der Waals surface area contributed by atoms with Crippen molar-refractivity contribution >= 4 is 0 Å². The molecule has 0 N–H and O–H groups in total. The van der Waals surface area contributed by atoms with E-state index >= 15 is 0 Å². The fourth-order valence-electron chi connectivity index (χ4n) is 0.657. The monoisotopic (exact) mass is 139 g/mol. The zero-order valence-corrected chi connectivity index (χ0v) is 7.39. The maximum Gasteiger partial charge on any atom is 0.0162 e. The molecule has 0 aromatic carbocycles. The first kappa shape index (κ1) is 9.44. The van der Waals surface area contributed by atoms with Crippen LogP contribution in [0.25, 0.3) is 0 Å². The Kier molecular flexibility index (Phi) is 4.95. The smallest absolute Gasteiger partial charge is 0.0162 e. The first-order chi connectivity index (χ1) is 4.66. The minimum absolute atomic E-state index is 1.02. The van der Waals surface area contributed by atoms with Gasteiger partial charge in [-0.3, -0.25) is 0 Å². The van der Waals surface area contributed by atoms with Crippen LogP contribution in [-0.4, -0.2) is 25.5 Å². The second-order valence-electron chi connectivity index (χ2n) is 2.71. The van der Waals surface area contributed by atoms with Crippen LogP contribution in [-0.2, 0) is 0 Å². The first-order valence-electron chi connectivity index (χ1n) is 3.61. The molecular weight excluding hydrogens is 122 g/mol. The van der Waals surface area contributed by atoms with Crippen molar-refractivity contribution in [2.24, 2.45) is 0 Å². The Morgan fingerprint density at radius 1 is 1.40 bits per heavy atom. The van der Waals surface area contributed by atoms with Gasteiger partial charge in [0.1, 0.15) is 0 Å². The zero-order chi connectivity index (χ0) is 7.98. The molecule has 1 nitrogen and oxygen atoms in total. The third kappa shape index (κ3) is 5.57. The number of hydrogen-bond acceptors (Lipinski definition) is 1. The van der Waals surface area contributed by atoms with E-state index < -0.39 is 0 Å². The Bertz CT molecular complexity index is 132. The second-order valence-corrected chi connectivity index (χ2v) is 2.71. The average molecular weight is 139 g/mol. The molecule has 0 aromatic rings. The Morgan fingerprint density at radius 3 is 2.40 bits per heavy atom. The number of hydrogen-bond donors (Lipinski definition) is 0. The number of nitrogens with zero attached hydrogens (tertiary/aromatic N) is 1. The minimum Gasteiger partial charge on any atom is -0.306 e. The van der Waals surface area contributed by atoms with E-state index in [0.29, 0.717) is 0 Å². The van der Waals surface area contributed by atoms with Crippen molar-refractivity contribution in [3.8, 4) is 0 Å². The maximum atomic E-state index is 2.21. The first-order valence-corrected chi connectivity index (χ1v) is 3.61. The highest BCUT2D eigenvalue weighted by molar-refractivity contribution is 5.15. The molecule has 1 heteroatoms. The van der Waals surface area contributed by atoms with E-state index in [-0.39, 0.29) is 0 Å². The van der Waals surface area contributed by atoms with Gasteiger partial charge in [-0.15, -0.1) is 0 Å². The normalized spacial score (nSPS) is 13.5. The van der Waals surface area contributed by atoms with E-state index in [0.717, 1.165) is 6.54 Å². The lowest BCUT2D eigenvalue weighted by atomic mass is 10.2. The van der Waals surface area contributed by atoms with Gasteiger partial charge in [0, 0.05) is 6.54 Å². The van der Waals surface area contributed by atoms with Crippen LogP contribution in [0, 0.1) is 0 Å². The van der Waals surface area contributed by atoms with Crippen molar-refractivity contribution in [1.82, 2.24) is 4.90 Å². The van der Waals surface area contributed by atoms with Crippen LogP contribution in [0.1, 0.15) is 13.8 Å². The van der Waals surface area contributed by atoms with E-state index in [1.54, 1.807) is 0 Å². The van der Waals surface area contributed by atoms with Crippen molar-refractivity contribution in [1.29, 1.82) is 0 Å². The fourth-order valence-corrected chi connectivity index (χ4v) is 0.657. The summed E-state index contributed by atoms with van der Waals surface area (Å²) < 4.78 is 0. The third-order valence-corrected chi connectivity index (χ3v) is 1.21. The van der Waals surface area contributed by atoms with E-state index in [1.165, 1.54) is 5.57 Å². The second kappa shape index (κ2) is 5.24. The maximum absolute atomic E-state index is 2.21. The van der Waals surface area contributed by atoms with Crippen molar-refractivity contribution in [2.75, 3.05) is 20.6 Å². The van der Waals surface area contributed by atoms with Crippen LogP contribution in [0.15, 0.2) is 23.8 Å². The summed E-state index contributed by atoms with van der Waals surface area (Å²) in [6, 6.07) is 0. The molecule has 0 aliphatic rings. The molecule has 0 aromatic heterocycles. The summed E-state index contributed by atoms with van der Waals surface area (Å²) in [6.45, 7) is 5.17. The molecule has 0 unspecified atom stereocenters.